The maximum atomic E-state index is 12.6. The van der Waals surface area contributed by atoms with Crippen LogP contribution in [0.15, 0.2) is 24.3 Å². The van der Waals surface area contributed by atoms with E-state index in [1.54, 1.807) is 0 Å². The summed E-state index contributed by atoms with van der Waals surface area (Å²) < 4.78 is 2.37. The monoisotopic (exact) mass is 424 g/mol. The van der Waals surface area contributed by atoms with E-state index in [0.717, 1.165) is 42.3 Å². The van der Waals surface area contributed by atoms with Gasteiger partial charge in [-0.3, -0.25) is 15.0 Å². The zero-order valence-corrected chi connectivity index (χ0v) is 18.4. The highest BCUT2D eigenvalue weighted by Crippen LogP contribution is 2.42. The molecule has 1 aliphatic heterocycles. The number of para-hydroxylation sites is 2. The summed E-state index contributed by atoms with van der Waals surface area (Å²) in [6.07, 6.45) is 4.57. The molecule has 30 heavy (non-hydrogen) atoms. The van der Waals surface area contributed by atoms with Gasteiger partial charge in [0.15, 0.2) is 0 Å². The van der Waals surface area contributed by atoms with Gasteiger partial charge < -0.3 is 4.57 Å². The molecule has 3 aromatic rings. The van der Waals surface area contributed by atoms with Gasteiger partial charge in [0, 0.05) is 24.4 Å². The number of nitrogens with zero attached hydrogens (tertiary/aromatic N) is 5. The molecule has 5 rings (SSSR count). The van der Waals surface area contributed by atoms with Crippen molar-refractivity contribution in [1.82, 2.24) is 24.6 Å². The van der Waals surface area contributed by atoms with Crippen LogP contribution in [0.4, 0.5) is 5.13 Å². The lowest BCUT2D eigenvalue weighted by atomic mass is 9.97. The fraction of sp³-hybridized carbons (Fsp3) is 0.545. The van der Waals surface area contributed by atoms with Gasteiger partial charge in [0.1, 0.15) is 10.8 Å². The van der Waals surface area contributed by atoms with Crippen molar-refractivity contribution in [2.45, 2.75) is 57.4 Å². The predicted molar refractivity (Wildman–Crippen MR) is 119 cm³/mol. The summed E-state index contributed by atoms with van der Waals surface area (Å²) in [5.74, 6) is 2.04. The third kappa shape index (κ3) is 3.98. The third-order valence-corrected chi connectivity index (χ3v) is 6.99. The van der Waals surface area contributed by atoms with Gasteiger partial charge in [0.05, 0.1) is 17.6 Å². The number of aromatic nitrogens is 4. The first-order chi connectivity index (χ1) is 14.6. The topological polar surface area (TPSA) is 75.9 Å². The van der Waals surface area contributed by atoms with Gasteiger partial charge in [-0.15, -0.1) is 10.2 Å². The predicted octanol–water partition coefficient (Wildman–Crippen LogP) is 4.16. The number of carbonyl (C=O) groups is 1. The molecule has 1 aromatic carbocycles. The van der Waals surface area contributed by atoms with Crippen LogP contribution < -0.4 is 5.32 Å². The number of rotatable bonds is 6. The lowest BCUT2D eigenvalue weighted by Gasteiger charge is -2.32. The average Bonchev–Trinajstić information content (AvgIpc) is 3.34. The second-order valence-electron chi connectivity index (χ2n) is 8.76. The van der Waals surface area contributed by atoms with Crippen molar-refractivity contribution < 1.29 is 4.79 Å². The Balaban J connectivity index is 1.27. The van der Waals surface area contributed by atoms with E-state index in [4.69, 9.17) is 4.98 Å². The summed E-state index contributed by atoms with van der Waals surface area (Å²) >= 11 is 1.51. The highest BCUT2D eigenvalue weighted by atomic mass is 32.1. The number of fused-ring (bicyclic) bond motifs is 1. The Kier molecular flexibility index (Phi) is 5.28. The molecule has 1 amide bonds. The van der Waals surface area contributed by atoms with E-state index < -0.39 is 0 Å². The van der Waals surface area contributed by atoms with E-state index in [2.05, 4.69) is 57.0 Å². The summed E-state index contributed by atoms with van der Waals surface area (Å²) in [5.41, 5.74) is 2.25. The van der Waals surface area contributed by atoms with Crippen LogP contribution in [-0.2, 0) is 4.79 Å². The largest absolute Gasteiger partial charge is 0.325 e. The lowest BCUT2D eigenvalue weighted by molar-refractivity contribution is -0.117. The van der Waals surface area contributed by atoms with E-state index in [1.165, 1.54) is 29.7 Å². The van der Waals surface area contributed by atoms with Crippen LogP contribution in [0.25, 0.3) is 11.0 Å². The fourth-order valence-corrected chi connectivity index (χ4v) is 5.37. The molecule has 0 radical (unpaired) electrons. The molecule has 0 spiro atoms. The van der Waals surface area contributed by atoms with E-state index in [-0.39, 0.29) is 5.91 Å². The molecular formula is C22H28N6OS. The molecule has 2 fully saturated rings. The van der Waals surface area contributed by atoms with E-state index in [9.17, 15) is 4.79 Å². The van der Waals surface area contributed by atoms with Crippen LogP contribution in [0.2, 0.25) is 0 Å². The second-order valence-corrected chi connectivity index (χ2v) is 9.77. The van der Waals surface area contributed by atoms with Gasteiger partial charge in [-0.2, -0.15) is 0 Å². The Hall–Kier alpha value is -2.32. The molecular weight excluding hydrogens is 396 g/mol. The summed E-state index contributed by atoms with van der Waals surface area (Å²) in [6, 6.07) is 8.71. The number of anilines is 1. The average molecular weight is 425 g/mol. The minimum absolute atomic E-state index is 0.00786. The quantitative estimate of drug-likeness (QED) is 0.643. The smallest absolute Gasteiger partial charge is 0.240 e. The third-order valence-electron chi connectivity index (χ3n) is 5.99. The molecule has 2 aliphatic rings. The maximum Gasteiger partial charge on any atom is 0.240 e. The van der Waals surface area contributed by atoms with Gasteiger partial charge in [-0.25, -0.2) is 4.98 Å². The Bertz CT molecular complexity index is 1050. The molecule has 8 heteroatoms. The molecule has 1 atom stereocenters. The fourth-order valence-electron chi connectivity index (χ4n) is 4.45. The Morgan fingerprint density at radius 3 is 2.83 bits per heavy atom. The van der Waals surface area contributed by atoms with Crippen LogP contribution in [0.1, 0.15) is 68.2 Å². The normalized spacial score (nSPS) is 20.2. The van der Waals surface area contributed by atoms with Crippen molar-refractivity contribution in [3.05, 3.63) is 35.1 Å². The molecule has 0 unspecified atom stereocenters. The highest BCUT2D eigenvalue weighted by molar-refractivity contribution is 7.15. The van der Waals surface area contributed by atoms with Gasteiger partial charge >= 0.3 is 0 Å². The first-order valence-corrected chi connectivity index (χ1v) is 11.7. The molecule has 158 valence electrons. The summed E-state index contributed by atoms with van der Waals surface area (Å²) in [5, 5.41) is 13.0. The summed E-state index contributed by atoms with van der Waals surface area (Å²) in [4.78, 5) is 19.8. The minimum Gasteiger partial charge on any atom is -0.325 e. The number of hydrogen-bond acceptors (Lipinski definition) is 6. The van der Waals surface area contributed by atoms with Crippen LogP contribution in [0.3, 0.4) is 0 Å². The van der Waals surface area contributed by atoms with Crippen molar-refractivity contribution in [3.8, 4) is 0 Å². The zero-order chi connectivity index (χ0) is 20.7. The van der Waals surface area contributed by atoms with E-state index >= 15 is 0 Å². The maximum absolute atomic E-state index is 12.6. The SMILES string of the molecule is CC(C)n1c([C@@H]2CCCN(CC(=O)Nc3nnc(C4CC4)s3)C2)nc2ccccc21. The molecule has 1 aliphatic carbocycles. The molecule has 3 heterocycles. The minimum atomic E-state index is -0.00786. The zero-order valence-electron chi connectivity index (χ0n) is 17.5. The molecule has 1 N–H and O–H groups in total. The number of piperidine rings is 1. The Labute approximate surface area is 180 Å². The molecule has 1 saturated carbocycles. The van der Waals surface area contributed by atoms with Crippen molar-refractivity contribution in [1.29, 1.82) is 0 Å². The van der Waals surface area contributed by atoms with Crippen LogP contribution >= 0.6 is 11.3 Å². The number of imidazole rings is 1. The van der Waals surface area contributed by atoms with Crippen molar-refractivity contribution in [2.75, 3.05) is 25.0 Å². The van der Waals surface area contributed by atoms with Crippen LogP contribution in [0.5, 0.6) is 0 Å². The Morgan fingerprint density at radius 1 is 1.20 bits per heavy atom. The lowest BCUT2D eigenvalue weighted by Crippen LogP contribution is -2.40. The number of carbonyl (C=O) groups excluding carboxylic acids is 1. The number of benzene rings is 1. The molecule has 7 nitrogen and oxygen atoms in total. The Morgan fingerprint density at radius 2 is 2.03 bits per heavy atom. The van der Waals surface area contributed by atoms with Gasteiger partial charge in [-0.1, -0.05) is 23.5 Å². The molecule has 2 aromatic heterocycles. The molecule has 1 saturated heterocycles. The van der Waals surface area contributed by atoms with Crippen molar-refractivity contribution in [2.24, 2.45) is 0 Å². The van der Waals surface area contributed by atoms with Crippen molar-refractivity contribution in [3.63, 3.8) is 0 Å². The van der Waals surface area contributed by atoms with Gasteiger partial charge in [0.25, 0.3) is 0 Å². The van der Waals surface area contributed by atoms with Crippen LogP contribution in [-0.4, -0.2) is 50.2 Å². The number of hydrogen-bond donors (Lipinski definition) is 1. The molecule has 0 bridgehead atoms. The van der Waals surface area contributed by atoms with Gasteiger partial charge in [0.2, 0.25) is 11.0 Å². The second kappa shape index (κ2) is 8.07. The number of amides is 1. The summed E-state index contributed by atoms with van der Waals surface area (Å²) in [6.45, 7) is 6.60. The van der Waals surface area contributed by atoms with Crippen molar-refractivity contribution >= 4 is 33.4 Å². The first kappa shape index (κ1) is 19.6. The van der Waals surface area contributed by atoms with E-state index in [1.807, 2.05) is 6.07 Å². The number of likely N-dealkylation sites (tertiary alicyclic amines) is 1. The standard InChI is InChI=1S/C22H28N6OS/c1-14(2)28-18-8-4-3-7-17(18)23-20(28)16-6-5-11-27(12-16)13-19(29)24-22-26-25-21(30-22)15-9-10-15/h3-4,7-8,14-16H,5-6,9-13H2,1-2H3,(H,24,26,29)/t16-/m1/s1. The van der Waals surface area contributed by atoms with Gasteiger partial charge in [-0.05, 0) is 58.2 Å². The van der Waals surface area contributed by atoms with Crippen LogP contribution in [0, 0.1) is 0 Å². The first-order valence-electron chi connectivity index (χ1n) is 10.9. The van der Waals surface area contributed by atoms with E-state index in [0.29, 0.717) is 29.6 Å². The summed E-state index contributed by atoms with van der Waals surface area (Å²) in [7, 11) is 0. The highest BCUT2D eigenvalue weighted by Gasteiger charge is 2.29. The number of nitrogens with one attached hydrogen (secondary N) is 1.